The summed E-state index contributed by atoms with van der Waals surface area (Å²) in [5, 5.41) is 3.33. The first-order valence-electron chi connectivity index (χ1n) is 9.63. The van der Waals surface area contributed by atoms with E-state index in [2.05, 4.69) is 10.3 Å². The lowest BCUT2D eigenvalue weighted by atomic mass is 10.1. The molecule has 0 saturated carbocycles. The third kappa shape index (κ3) is 6.19. The number of para-hydroxylation sites is 1. The van der Waals surface area contributed by atoms with Gasteiger partial charge in [0.2, 0.25) is 5.88 Å². The van der Waals surface area contributed by atoms with Gasteiger partial charge in [0.1, 0.15) is 19.0 Å². The van der Waals surface area contributed by atoms with Crippen molar-refractivity contribution in [2.45, 2.75) is 20.1 Å². The van der Waals surface area contributed by atoms with Gasteiger partial charge in [-0.15, -0.1) is 0 Å². The van der Waals surface area contributed by atoms with E-state index >= 15 is 0 Å². The third-order valence-electron chi connectivity index (χ3n) is 4.17. The molecule has 0 bridgehead atoms. The Bertz CT molecular complexity index is 890. The van der Waals surface area contributed by atoms with Crippen LogP contribution in [0.25, 0.3) is 0 Å². The SMILES string of the molecule is CCOc1cccc(CNCCOc2ccccn2)c1OCc1ccccc1F. The van der Waals surface area contributed by atoms with Crippen LogP contribution >= 0.6 is 0 Å². The quantitative estimate of drug-likeness (QED) is 0.488. The molecule has 0 unspecified atom stereocenters. The van der Waals surface area contributed by atoms with E-state index in [4.69, 9.17) is 14.2 Å². The van der Waals surface area contributed by atoms with E-state index in [1.165, 1.54) is 6.07 Å². The van der Waals surface area contributed by atoms with Crippen LogP contribution in [0.2, 0.25) is 0 Å². The van der Waals surface area contributed by atoms with Crippen LogP contribution in [0.1, 0.15) is 18.1 Å². The molecular formula is C23H25FN2O3. The molecule has 1 N–H and O–H groups in total. The zero-order valence-electron chi connectivity index (χ0n) is 16.4. The van der Waals surface area contributed by atoms with Crippen molar-refractivity contribution >= 4 is 0 Å². The van der Waals surface area contributed by atoms with Crippen LogP contribution < -0.4 is 19.5 Å². The van der Waals surface area contributed by atoms with Crippen molar-refractivity contribution in [3.05, 3.63) is 83.8 Å². The van der Waals surface area contributed by atoms with Crippen LogP contribution in [-0.2, 0) is 13.2 Å². The highest BCUT2D eigenvalue weighted by Crippen LogP contribution is 2.32. The number of nitrogens with one attached hydrogen (secondary N) is 1. The molecule has 0 aliphatic rings. The molecule has 0 aliphatic heterocycles. The predicted octanol–water partition coefficient (Wildman–Crippen LogP) is 4.37. The second-order valence-electron chi connectivity index (χ2n) is 6.25. The van der Waals surface area contributed by atoms with Gasteiger partial charge in [0, 0.05) is 36.5 Å². The van der Waals surface area contributed by atoms with Gasteiger partial charge >= 0.3 is 0 Å². The van der Waals surface area contributed by atoms with E-state index in [0.717, 1.165) is 5.56 Å². The standard InChI is InChI=1S/C23H25FN2O3/c1-2-27-21-11-7-9-18(16-25-14-15-28-22-12-5-6-13-26-22)23(21)29-17-19-8-3-4-10-20(19)24/h3-13,25H,2,14-17H2,1H3. The molecule has 29 heavy (non-hydrogen) atoms. The number of nitrogens with zero attached hydrogens (tertiary/aromatic N) is 1. The topological polar surface area (TPSA) is 52.6 Å². The number of benzene rings is 2. The lowest BCUT2D eigenvalue weighted by Gasteiger charge is -2.17. The molecule has 0 amide bonds. The van der Waals surface area contributed by atoms with Gasteiger partial charge in [-0.25, -0.2) is 9.37 Å². The maximum atomic E-state index is 13.9. The molecule has 1 heterocycles. The van der Waals surface area contributed by atoms with Crippen molar-refractivity contribution in [3.8, 4) is 17.4 Å². The molecule has 0 aliphatic carbocycles. The number of hydrogen-bond acceptors (Lipinski definition) is 5. The second kappa shape index (κ2) is 11.0. The number of halogens is 1. The maximum absolute atomic E-state index is 13.9. The van der Waals surface area contributed by atoms with E-state index in [9.17, 15) is 4.39 Å². The molecule has 1 aromatic heterocycles. The lowest BCUT2D eigenvalue weighted by molar-refractivity contribution is 0.262. The van der Waals surface area contributed by atoms with Crippen LogP contribution in [0.5, 0.6) is 17.4 Å². The number of rotatable bonds is 11. The molecule has 0 saturated heterocycles. The van der Waals surface area contributed by atoms with Crippen molar-refractivity contribution in [1.82, 2.24) is 10.3 Å². The molecule has 6 heteroatoms. The van der Waals surface area contributed by atoms with Crippen molar-refractivity contribution in [1.29, 1.82) is 0 Å². The summed E-state index contributed by atoms with van der Waals surface area (Å²) in [4.78, 5) is 4.12. The van der Waals surface area contributed by atoms with Gasteiger partial charge in [0.15, 0.2) is 11.5 Å². The van der Waals surface area contributed by atoms with Crippen LogP contribution in [0.4, 0.5) is 4.39 Å². The molecule has 2 aromatic carbocycles. The summed E-state index contributed by atoms with van der Waals surface area (Å²) in [5.74, 6) is 1.58. The first kappa shape index (κ1) is 20.6. The first-order valence-corrected chi connectivity index (χ1v) is 9.63. The predicted molar refractivity (Wildman–Crippen MR) is 110 cm³/mol. The summed E-state index contributed by atoms with van der Waals surface area (Å²) in [6.07, 6.45) is 1.70. The highest BCUT2D eigenvalue weighted by atomic mass is 19.1. The van der Waals surface area contributed by atoms with Crippen molar-refractivity contribution in [2.24, 2.45) is 0 Å². The van der Waals surface area contributed by atoms with Gasteiger partial charge in [-0.05, 0) is 25.1 Å². The molecule has 0 radical (unpaired) electrons. The Hall–Kier alpha value is -3.12. The minimum absolute atomic E-state index is 0.131. The van der Waals surface area contributed by atoms with E-state index in [-0.39, 0.29) is 12.4 Å². The average Bonchev–Trinajstić information content (AvgIpc) is 2.75. The number of hydrogen-bond donors (Lipinski definition) is 1. The van der Waals surface area contributed by atoms with Crippen LogP contribution in [0.15, 0.2) is 66.9 Å². The minimum atomic E-state index is -0.285. The van der Waals surface area contributed by atoms with Gasteiger partial charge in [-0.2, -0.15) is 0 Å². The van der Waals surface area contributed by atoms with Crippen molar-refractivity contribution < 1.29 is 18.6 Å². The fraction of sp³-hybridized carbons (Fsp3) is 0.261. The number of aromatic nitrogens is 1. The van der Waals surface area contributed by atoms with Gasteiger partial charge in [-0.1, -0.05) is 36.4 Å². The highest BCUT2D eigenvalue weighted by Gasteiger charge is 2.12. The third-order valence-corrected chi connectivity index (χ3v) is 4.17. The molecule has 5 nitrogen and oxygen atoms in total. The summed E-state index contributed by atoms with van der Waals surface area (Å²) in [6, 6.07) is 17.9. The number of ether oxygens (including phenoxy) is 3. The zero-order chi connectivity index (χ0) is 20.3. The smallest absolute Gasteiger partial charge is 0.213 e. The lowest BCUT2D eigenvalue weighted by Crippen LogP contribution is -2.21. The van der Waals surface area contributed by atoms with Gasteiger partial charge < -0.3 is 19.5 Å². The Labute approximate surface area is 170 Å². The van der Waals surface area contributed by atoms with E-state index < -0.39 is 0 Å². The summed E-state index contributed by atoms with van der Waals surface area (Å²) in [7, 11) is 0. The monoisotopic (exact) mass is 396 g/mol. The average molecular weight is 396 g/mol. The summed E-state index contributed by atoms with van der Waals surface area (Å²) >= 11 is 0. The Morgan fingerprint density at radius 3 is 2.52 bits per heavy atom. The van der Waals surface area contributed by atoms with E-state index in [1.54, 1.807) is 24.4 Å². The minimum Gasteiger partial charge on any atom is -0.490 e. The zero-order valence-corrected chi connectivity index (χ0v) is 16.4. The number of pyridine rings is 1. The molecule has 0 fully saturated rings. The van der Waals surface area contributed by atoms with Crippen LogP contribution in [0, 0.1) is 5.82 Å². The molecular weight excluding hydrogens is 371 g/mol. The summed E-state index contributed by atoms with van der Waals surface area (Å²) in [6.45, 7) is 4.27. The maximum Gasteiger partial charge on any atom is 0.213 e. The van der Waals surface area contributed by atoms with Crippen LogP contribution in [0.3, 0.4) is 0 Å². The molecule has 152 valence electrons. The Morgan fingerprint density at radius 2 is 1.72 bits per heavy atom. The van der Waals surface area contributed by atoms with Gasteiger partial charge in [0.25, 0.3) is 0 Å². The Balaban J connectivity index is 1.59. The van der Waals surface area contributed by atoms with Crippen molar-refractivity contribution in [3.63, 3.8) is 0 Å². The van der Waals surface area contributed by atoms with Gasteiger partial charge in [-0.3, -0.25) is 0 Å². The Morgan fingerprint density at radius 1 is 0.897 bits per heavy atom. The first-order chi connectivity index (χ1) is 14.3. The van der Waals surface area contributed by atoms with Crippen LogP contribution in [-0.4, -0.2) is 24.7 Å². The fourth-order valence-electron chi connectivity index (χ4n) is 2.78. The highest BCUT2D eigenvalue weighted by molar-refractivity contribution is 5.46. The van der Waals surface area contributed by atoms with Crippen molar-refractivity contribution in [2.75, 3.05) is 19.8 Å². The second-order valence-corrected chi connectivity index (χ2v) is 6.25. The summed E-state index contributed by atoms with van der Waals surface area (Å²) in [5.41, 5.74) is 1.44. The largest absolute Gasteiger partial charge is 0.490 e. The van der Waals surface area contributed by atoms with E-state index in [1.807, 2.05) is 43.3 Å². The normalized spacial score (nSPS) is 10.6. The Kier molecular flexibility index (Phi) is 7.83. The van der Waals surface area contributed by atoms with E-state index in [0.29, 0.717) is 49.2 Å². The van der Waals surface area contributed by atoms with Gasteiger partial charge in [0.05, 0.1) is 6.61 Å². The summed E-state index contributed by atoms with van der Waals surface area (Å²) < 4.78 is 31.2. The molecule has 3 rings (SSSR count). The molecule has 3 aromatic rings. The molecule has 0 atom stereocenters. The molecule has 0 spiro atoms. The fourth-order valence-corrected chi connectivity index (χ4v) is 2.78.